The summed E-state index contributed by atoms with van der Waals surface area (Å²) < 4.78 is 12.9. The highest BCUT2D eigenvalue weighted by molar-refractivity contribution is 7.99. The number of piperazine rings is 1. The van der Waals surface area contributed by atoms with Gasteiger partial charge in [0.2, 0.25) is 0 Å². The molecule has 4 aromatic rings. The molecule has 0 bridgehead atoms. The smallest absolute Gasteiger partial charge is 0.179 e. The van der Waals surface area contributed by atoms with E-state index in [4.69, 9.17) is 14.5 Å². The third kappa shape index (κ3) is 4.49. The molecule has 7 nitrogen and oxygen atoms in total. The molecular formula is C25H27N5O2S. The molecule has 0 amide bonds. The monoisotopic (exact) mass is 461 g/mol. The molecule has 170 valence electrons. The normalized spacial score (nSPS) is 14.6. The van der Waals surface area contributed by atoms with Crippen LogP contribution in [0, 0.1) is 0 Å². The number of aromatic nitrogens is 3. The van der Waals surface area contributed by atoms with Crippen molar-refractivity contribution in [1.82, 2.24) is 19.3 Å². The minimum Gasteiger partial charge on any atom is -0.493 e. The molecule has 1 saturated heterocycles. The molecule has 3 heterocycles. The Morgan fingerprint density at radius 3 is 2.36 bits per heavy atom. The number of imidazole rings is 1. The molecule has 2 aromatic heterocycles. The average molecular weight is 462 g/mol. The van der Waals surface area contributed by atoms with Crippen LogP contribution in [0.5, 0.6) is 11.5 Å². The van der Waals surface area contributed by atoms with Crippen LogP contribution in [0.1, 0.15) is 0 Å². The van der Waals surface area contributed by atoms with E-state index in [9.17, 15) is 0 Å². The Morgan fingerprint density at radius 2 is 1.64 bits per heavy atom. The number of rotatable bonds is 6. The van der Waals surface area contributed by atoms with Gasteiger partial charge in [-0.3, -0.25) is 4.40 Å². The molecule has 0 N–H and O–H groups in total. The largest absolute Gasteiger partial charge is 0.493 e. The van der Waals surface area contributed by atoms with Crippen molar-refractivity contribution in [3.8, 4) is 22.8 Å². The lowest BCUT2D eigenvalue weighted by Gasteiger charge is -2.34. The highest BCUT2D eigenvalue weighted by Gasteiger charge is 2.15. The molecule has 1 aliphatic rings. The fraction of sp³-hybridized carbons (Fsp3) is 0.280. The summed E-state index contributed by atoms with van der Waals surface area (Å²) >= 11 is 1.63. The van der Waals surface area contributed by atoms with Gasteiger partial charge in [0.25, 0.3) is 0 Å². The number of hydrogen-bond donors (Lipinski definition) is 0. The van der Waals surface area contributed by atoms with E-state index < -0.39 is 0 Å². The Hall–Kier alpha value is -3.23. The van der Waals surface area contributed by atoms with E-state index in [0.717, 1.165) is 53.1 Å². The number of nitrogens with zero attached hydrogens (tertiary/aromatic N) is 5. The summed E-state index contributed by atoms with van der Waals surface area (Å²) in [4.78, 5) is 15.4. The average Bonchev–Trinajstić information content (AvgIpc) is 3.34. The maximum atomic E-state index is 5.48. The Balaban J connectivity index is 1.43. The summed E-state index contributed by atoms with van der Waals surface area (Å²) in [5, 5.41) is 0.863. The van der Waals surface area contributed by atoms with Crippen molar-refractivity contribution < 1.29 is 9.47 Å². The van der Waals surface area contributed by atoms with E-state index in [2.05, 4.69) is 46.1 Å². The fourth-order valence-corrected chi connectivity index (χ4v) is 4.89. The fourth-order valence-electron chi connectivity index (χ4n) is 4.01. The van der Waals surface area contributed by atoms with Crippen LogP contribution < -0.4 is 14.4 Å². The van der Waals surface area contributed by atoms with Gasteiger partial charge in [-0.1, -0.05) is 11.8 Å². The molecule has 1 fully saturated rings. The number of anilines is 1. The molecule has 8 heteroatoms. The van der Waals surface area contributed by atoms with Gasteiger partial charge >= 0.3 is 0 Å². The quantitative estimate of drug-likeness (QED) is 0.397. The third-order valence-corrected chi connectivity index (χ3v) is 6.93. The zero-order valence-corrected chi connectivity index (χ0v) is 19.9. The molecule has 0 radical (unpaired) electrons. The molecule has 2 aromatic carbocycles. The van der Waals surface area contributed by atoms with E-state index in [1.165, 1.54) is 5.69 Å². The van der Waals surface area contributed by atoms with Gasteiger partial charge in [0.15, 0.2) is 16.7 Å². The van der Waals surface area contributed by atoms with E-state index in [0.29, 0.717) is 11.5 Å². The van der Waals surface area contributed by atoms with Crippen molar-refractivity contribution in [3.05, 3.63) is 60.9 Å². The molecule has 1 aliphatic heterocycles. The van der Waals surface area contributed by atoms with Gasteiger partial charge < -0.3 is 19.3 Å². The van der Waals surface area contributed by atoms with Gasteiger partial charge in [-0.25, -0.2) is 9.97 Å². The molecule has 0 aliphatic carbocycles. The maximum Gasteiger partial charge on any atom is 0.179 e. The summed E-state index contributed by atoms with van der Waals surface area (Å²) in [5.41, 5.74) is 3.91. The minimum absolute atomic E-state index is 0.675. The van der Waals surface area contributed by atoms with Crippen LogP contribution in [0.4, 0.5) is 5.69 Å². The summed E-state index contributed by atoms with van der Waals surface area (Å²) in [6.45, 7) is 4.32. The number of fused-ring (bicyclic) bond motifs is 1. The zero-order chi connectivity index (χ0) is 22.8. The van der Waals surface area contributed by atoms with Gasteiger partial charge in [-0.2, -0.15) is 0 Å². The van der Waals surface area contributed by atoms with Crippen LogP contribution in [0.25, 0.3) is 16.9 Å². The molecule has 0 atom stereocenters. The minimum atomic E-state index is 0.675. The van der Waals surface area contributed by atoms with Crippen molar-refractivity contribution in [1.29, 1.82) is 0 Å². The molecule has 5 rings (SSSR count). The van der Waals surface area contributed by atoms with E-state index in [1.807, 2.05) is 34.9 Å². The van der Waals surface area contributed by atoms with Crippen LogP contribution in [0.2, 0.25) is 0 Å². The second-order valence-electron chi connectivity index (χ2n) is 8.04. The summed E-state index contributed by atoms with van der Waals surface area (Å²) in [7, 11) is 5.45. The summed E-state index contributed by atoms with van der Waals surface area (Å²) in [6.07, 6.45) is 3.75. The molecule has 0 saturated carbocycles. The maximum absolute atomic E-state index is 5.48. The predicted octanol–water partition coefficient (Wildman–Crippen LogP) is 4.32. The van der Waals surface area contributed by atoms with Crippen molar-refractivity contribution in [3.63, 3.8) is 0 Å². The lowest BCUT2D eigenvalue weighted by Crippen LogP contribution is -2.44. The first-order valence-electron chi connectivity index (χ1n) is 10.9. The van der Waals surface area contributed by atoms with Crippen molar-refractivity contribution >= 4 is 23.1 Å². The third-order valence-electron chi connectivity index (χ3n) is 5.95. The van der Waals surface area contributed by atoms with Gasteiger partial charge in [-0.05, 0) is 49.5 Å². The number of ether oxygens (including phenoxy) is 2. The van der Waals surface area contributed by atoms with E-state index >= 15 is 0 Å². The molecule has 0 spiro atoms. The number of methoxy groups -OCH3 is 2. The van der Waals surface area contributed by atoms with Crippen LogP contribution in [0.3, 0.4) is 0 Å². The number of hydrogen-bond acceptors (Lipinski definition) is 7. The SMILES string of the molecule is COc1ccc(-c2cc3nccn3c(Sc3ccc(N4CCN(C)CC4)cc3)n2)cc1OC. The van der Waals surface area contributed by atoms with Crippen LogP contribution >= 0.6 is 11.8 Å². The topological polar surface area (TPSA) is 55.1 Å². The van der Waals surface area contributed by atoms with E-state index in [-0.39, 0.29) is 0 Å². The first-order chi connectivity index (χ1) is 16.1. The Bertz CT molecular complexity index is 1250. The number of benzene rings is 2. The van der Waals surface area contributed by atoms with Crippen molar-refractivity contribution in [2.24, 2.45) is 0 Å². The second kappa shape index (κ2) is 9.33. The second-order valence-corrected chi connectivity index (χ2v) is 9.08. The predicted molar refractivity (Wildman–Crippen MR) is 132 cm³/mol. The van der Waals surface area contributed by atoms with Gasteiger partial charge in [0.1, 0.15) is 5.65 Å². The Morgan fingerprint density at radius 1 is 0.879 bits per heavy atom. The van der Waals surface area contributed by atoms with Crippen LogP contribution in [-0.2, 0) is 0 Å². The van der Waals surface area contributed by atoms with Crippen LogP contribution in [0.15, 0.2) is 71.0 Å². The number of likely N-dealkylation sites (N-methyl/N-ethyl adjacent to an activating group) is 1. The Labute approximate surface area is 198 Å². The Kier molecular flexibility index (Phi) is 6.11. The molecular weight excluding hydrogens is 434 g/mol. The van der Waals surface area contributed by atoms with Gasteiger partial charge in [-0.15, -0.1) is 0 Å². The zero-order valence-electron chi connectivity index (χ0n) is 19.1. The van der Waals surface area contributed by atoms with Gasteiger partial charge in [0.05, 0.1) is 19.9 Å². The molecule has 0 unspecified atom stereocenters. The highest BCUT2D eigenvalue weighted by Crippen LogP contribution is 2.34. The first kappa shape index (κ1) is 21.6. The van der Waals surface area contributed by atoms with Crippen molar-refractivity contribution in [2.75, 3.05) is 52.3 Å². The first-order valence-corrected chi connectivity index (χ1v) is 11.7. The summed E-state index contributed by atoms with van der Waals surface area (Å²) in [5.74, 6) is 1.37. The van der Waals surface area contributed by atoms with Gasteiger partial charge in [0, 0.05) is 60.8 Å². The van der Waals surface area contributed by atoms with Crippen molar-refractivity contribution in [2.45, 2.75) is 10.1 Å². The lowest BCUT2D eigenvalue weighted by molar-refractivity contribution is 0.313. The summed E-state index contributed by atoms with van der Waals surface area (Å²) in [6, 6.07) is 16.6. The highest BCUT2D eigenvalue weighted by atomic mass is 32.2. The van der Waals surface area contributed by atoms with E-state index in [1.54, 1.807) is 32.2 Å². The lowest BCUT2D eigenvalue weighted by atomic mass is 10.1. The van der Waals surface area contributed by atoms with Crippen LogP contribution in [-0.4, -0.2) is 66.7 Å². The molecule has 33 heavy (non-hydrogen) atoms. The standard InChI is InChI=1S/C25H27N5O2S/c1-28-12-14-29(15-13-28)19-5-7-20(8-6-19)33-25-27-21(17-24-26-10-11-30(24)25)18-4-9-22(31-2)23(16-18)32-3/h4-11,16-17H,12-15H2,1-3H3.